The van der Waals surface area contributed by atoms with Gasteiger partial charge in [-0.2, -0.15) is 0 Å². The first-order chi connectivity index (χ1) is 14.1. The number of anilines is 1. The number of sulfonamides is 1. The molecule has 0 spiro atoms. The van der Waals surface area contributed by atoms with Crippen molar-refractivity contribution in [3.8, 4) is 0 Å². The van der Waals surface area contributed by atoms with Crippen molar-refractivity contribution in [2.75, 3.05) is 18.5 Å². The molecule has 1 fully saturated rings. The van der Waals surface area contributed by atoms with Gasteiger partial charge >= 0.3 is 0 Å². The summed E-state index contributed by atoms with van der Waals surface area (Å²) in [7, 11) is -3.72. The average molecular weight is 470 g/mol. The lowest BCUT2D eigenvalue weighted by atomic mass is 9.92. The van der Waals surface area contributed by atoms with E-state index in [2.05, 4.69) is 10.0 Å². The van der Waals surface area contributed by atoms with Crippen LogP contribution in [0.25, 0.3) is 10.8 Å². The number of ether oxygens (including phenoxy) is 1. The highest BCUT2D eigenvalue weighted by atomic mass is 35.5. The van der Waals surface area contributed by atoms with E-state index in [9.17, 15) is 13.2 Å². The molecule has 1 amide bonds. The Bertz CT molecular complexity index is 1020. The highest BCUT2D eigenvalue weighted by molar-refractivity contribution is 7.89. The number of carbonyl (C=O) groups is 1. The third kappa shape index (κ3) is 6.63. The number of hydrogen-bond donors (Lipinski definition) is 3. The van der Waals surface area contributed by atoms with E-state index in [0.29, 0.717) is 42.0 Å². The molecule has 2 aromatic rings. The average Bonchev–Trinajstić information content (AvgIpc) is 2.66. The molecule has 31 heavy (non-hydrogen) atoms. The van der Waals surface area contributed by atoms with Gasteiger partial charge in [0.05, 0.1) is 10.9 Å². The van der Waals surface area contributed by atoms with Crippen LogP contribution in [0.1, 0.15) is 40.0 Å². The van der Waals surface area contributed by atoms with E-state index in [1.54, 1.807) is 57.2 Å². The van der Waals surface area contributed by atoms with Gasteiger partial charge in [-0.25, -0.2) is 13.1 Å². The lowest BCUT2D eigenvalue weighted by Crippen LogP contribution is -2.40. The Kier molecular flexibility index (Phi) is 8.47. The molecule has 0 bridgehead atoms. The first kappa shape index (κ1) is 25.5. The molecule has 1 atom stereocenters. The van der Waals surface area contributed by atoms with Crippen molar-refractivity contribution in [1.29, 1.82) is 0 Å². The molecule has 1 aliphatic rings. The molecule has 7 nitrogen and oxygen atoms in total. The molecule has 1 heterocycles. The van der Waals surface area contributed by atoms with Gasteiger partial charge in [0.1, 0.15) is 0 Å². The summed E-state index contributed by atoms with van der Waals surface area (Å²) in [5.41, 5.74) is 6.09. The van der Waals surface area contributed by atoms with Crippen LogP contribution in [0, 0.1) is 5.92 Å². The molecule has 9 heteroatoms. The predicted octanol–water partition coefficient (Wildman–Crippen LogP) is 3.42. The Morgan fingerprint density at radius 3 is 2.39 bits per heavy atom. The molecule has 1 unspecified atom stereocenters. The zero-order valence-electron chi connectivity index (χ0n) is 18.2. The van der Waals surface area contributed by atoms with Crippen LogP contribution in [-0.4, -0.2) is 39.1 Å². The summed E-state index contributed by atoms with van der Waals surface area (Å²) in [6.07, 6.45) is 2.43. The van der Waals surface area contributed by atoms with Crippen molar-refractivity contribution < 1.29 is 17.9 Å². The number of carbonyl (C=O) groups excluding carboxylic acids is 1. The highest BCUT2D eigenvalue weighted by Crippen LogP contribution is 2.30. The van der Waals surface area contributed by atoms with E-state index in [-0.39, 0.29) is 23.2 Å². The van der Waals surface area contributed by atoms with Crippen LogP contribution in [0.2, 0.25) is 0 Å². The van der Waals surface area contributed by atoms with E-state index in [0.717, 1.165) is 12.8 Å². The standard InChI is InChI=1S/C22H31N3O4S.ClH/c1-22(2,3)25-30(27,28)20-9-5-6-16-17(20)7-4-8-19(16)24-21(26)18(23)14-15-10-12-29-13-11-15;/h4-9,15,18,25H,10-14,23H2,1-3H3,(H,24,26);1H. The van der Waals surface area contributed by atoms with E-state index in [1.165, 1.54) is 0 Å². The van der Waals surface area contributed by atoms with Crippen LogP contribution < -0.4 is 15.8 Å². The lowest BCUT2D eigenvalue weighted by Gasteiger charge is -2.24. The zero-order chi connectivity index (χ0) is 21.9. The summed E-state index contributed by atoms with van der Waals surface area (Å²) in [6, 6.07) is 9.65. The van der Waals surface area contributed by atoms with Crippen LogP contribution >= 0.6 is 12.4 Å². The van der Waals surface area contributed by atoms with Gasteiger partial charge in [0.2, 0.25) is 15.9 Å². The van der Waals surface area contributed by atoms with E-state index >= 15 is 0 Å². The number of nitrogens with two attached hydrogens (primary N) is 1. The van der Waals surface area contributed by atoms with Crippen molar-refractivity contribution in [3.05, 3.63) is 36.4 Å². The van der Waals surface area contributed by atoms with Gasteiger partial charge in [-0.15, -0.1) is 12.4 Å². The minimum Gasteiger partial charge on any atom is -0.381 e. The Hall–Kier alpha value is -1.71. The van der Waals surface area contributed by atoms with Gasteiger partial charge in [-0.05, 0) is 58.1 Å². The summed E-state index contributed by atoms with van der Waals surface area (Å²) < 4.78 is 33.8. The van der Waals surface area contributed by atoms with E-state index in [4.69, 9.17) is 10.5 Å². The molecular weight excluding hydrogens is 438 g/mol. The van der Waals surface area contributed by atoms with Crippen LogP contribution in [-0.2, 0) is 19.6 Å². The number of amides is 1. The molecule has 172 valence electrons. The van der Waals surface area contributed by atoms with Crippen molar-refractivity contribution in [2.24, 2.45) is 11.7 Å². The smallest absolute Gasteiger partial charge is 0.241 e. The molecule has 3 rings (SSSR count). The number of benzene rings is 2. The molecule has 1 aliphatic heterocycles. The molecule has 0 aliphatic carbocycles. The van der Waals surface area contributed by atoms with Crippen molar-refractivity contribution >= 4 is 44.8 Å². The third-order valence-electron chi connectivity index (χ3n) is 5.13. The van der Waals surface area contributed by atoms with Crippen molar-refractivity contribution in [3.63, 3.8) is 0 Å². The Morgan fingerprint density at radius 2 is 1.74 bits per heavy atom. The second-order valence-electron chi connectivity index (χ2n) is 8.90. The van der Waals surface area contributed by atoms with Crippen LogP contribution in [0.15, 0.2) is 41.3 Å². The second kappa shape index (κ2) is 10.3. The molecule has 0 radical (unpaired) electrons. The van der Waals surface area contributed by atoms with E-state index in [1.807, 2.05) is 0 Å². The summed E-state index contributed by atoms with van der Waals surface area (Å²) in [6.45, 7) is 6.80. The highest BCUT2D eigenvalue weighted by Gasteiger charge is 2.25. The Balaban J connectivity index is 0.00000341. The normalized spacial score (nSPS) is 16.5. The quantitative estimate of drug-likeness (QED) is 0.600. The lowest BCUT2D eigenvalue weighted by molar-refractivity contribution is -0.117. The number of halogens is 1. The van der Waals surface area contributed by atoms with Crippen LogP contribution in [0.5, 0.6) is 0 Å². The maximum atomic E-state index is 12.9. The summed E-state index contributed by atoms with van der Waals surface area (Å²) in [5.74, 6) is 0.113. The van der Waals surface area contributed by atoms with Gasteiger partial charge in [0.25, 0.3) is 0 Å². The minimum absolute atomic E-state index is 0. The topological polar surface area (TPSA) is 111 Å². The van der Waals surface area contributed by atoms with E-state index < -0.39 is 21.6 Å². The van der Waals surface area contributed by atoms with Gasteiger partial charge in [0, 0.05) is 35.2 Å². The predicted molar refractivity (Wildman–Crippen MR) is 126 cm³/mol. The maximum Gasteiger partial charge on any atom is 0.241 e. The third-order valence-corrected chi connectivity index (χ3v) is 6.95. The molecule has 1 saturated heterocycles. The molecule has 4 N–H and O–H groups in total. The second-order valence-corrected chi connectivity index (χ2v) is 10.6. The molecule has 0 aromatic heterocycles. The molecular formula is C22H32ClN3O4S. The first-order valence-corrected chi connectivity index (χ1v) is 11.7. The number of fused-ring (bicyclic) bond motifs is 1. The van der Waals surface area contributed by atoms with Crippen LogP contribution in [0.4, 0.5) is 5.69 Å². The number of nitrogens with one attached hydrogen (secondary N) is 2. The summed E-state index contributed by atoms with van der Waals surface area (Å²) in [5, 5.41) is 4.09. The zero-order valence-corrected chi connectivity index (χ0v) is 19.8. The minimum atomic E-state index is -3.72. The summed E-state index contributed by atoms with van der Waals surface area (Å²) in [4.78, 5) is 12.9. The van der Waals surface area contributed by atoms with Gasteiger partial charge in [0.15, 0.2) is 0 Å². The first-order valence-electron chi connectivity index (χ1n) is 10.3. The SMILES string of the molecule is CC(C)(C)NS(=O)(=O)c1cccc2c(NC(=O)C(N)CC3CCOCC3)cccc12.Cl. The fourth-order valence-corrected chi connectivity index (χ4v) is 5.40. The number of hydrogen-bond acceptors (Lipinski definition) is 5. The van der Waals surface area contributed by atoms with Crippen molar-refractivity contribution in [1.82, 2.24) is 4.72 Å². The fraction of sp³-hybridized carbons (Fsp3) is 0.500. The largest absolute Gasteiger partial charge is 0.381 e. The molecule has 0 saturated carbocycles. The summed E-state index contributed by atoms with van der Waals surface area (Å²) >= 11 is 0. The van der Waals surface area contributed by atoms with Crippen LogP contribution in [0.3, 0.4) is 0 Å². The Labute approximate surface area is 190 Å². The fourth-order valence-electron chi connectivity index (χ4n) is 3.76. The Morgan fingerprint density at radius 1 is 1.13 bits per heavy atom. The number of rotatable bonds is 6. The maximum absolute atomic E-state index is 12.9. The van der Waals surface area contributed by atoms with Gasteiger partial charge in [-0.1, -0.05) is 24.3 Å². The molecule has 2 aromatic carbocycles. The van der Waals surface area contributed by atoms with Gasteiger partial charge < -0.3 is 15.8 Å². The van der Waals surface area contributed by atoms with Crippen molar-refractivity contribution in [2.45, 2.75) is 56.5 Å². The van der Waals surface area contributed by atoms with Gasteiger partial charge in [-0.3, -0.25) is 4.79 Å². The monoisotopic (exact) mass is 469 g/mol.